The lowest BCUT2D eigenvalue weighted by molar-refractivity contribution is -0.387. The lowest BCUT2D eigenvalue weighted by atomic mass is 10.3. The van der Waals surface area contributed by atoms with E-state index in [-0.39, 0.29) is 18.5 Å². The van der Waals surface area contributed by atoms with Crippen molar-refractivity contribution in [3.05, 3.63) is 34.1 Å². The molecule has 0 radical (unpaired) electrons. The summed E-state index contributed by atoms with van der Waals surface area (Å²) in [5.41, 5.74) is -0.559. The van der Waals surface area contributed by atoms with Gasteiger partial charge in [0, 0.05) is 12.1 Å². The zero-order valence-electron chi connectivity index (χ0n) is 9.68. The highest BCUT2D eigenvalue weighted by molar-refractivity contribution is 5.37. The summed E-state index contributed by atoms with van der Waals surface area (Å²) in [5.74, 6) is -0.655. The molecule has 0 amide bonds. The van der Waals surface area contributed by atoms with Crippen molar-refractivity contribution < 1.29 is 18.8 Å². The lowest BCUT2D eigenvalue weighted by Gasteiger charge is -2.09. The number of rotatable bonds is 6. The van der Waals surface area contributed by atoms with Crippen LogP contribution in [0.2, 0.25) is 0 Å². The third kappa shape index (κ3) is 4.36. The summed E-state index contributed by atoms with van der Waals surface area (Å²) in [7, 11) is 0. The van der Waals surface area contributed by atoms with E-state index in [0.717, 1.165) is 12.1 Å². The summed E-state index contributed by atoms with van der Waals surface area (Å²) in [6, 6.07) is 3.43. The van der Waals surface area contributed by atoms with Gasteiger partial charge in [-0.2, -0.15) is 4.39 Å². The Morgan fingerprint density at radius 3 is 2.65 bits per heavy atom. The first kappa shape index (κ1) is 13.4. The van der Waals surface area contributed by atoms with E-state index in [0.29, 0.717) is 6.61 Å². The number of benzene rings is 1. The molecule has 0 unspecified atom stereocenters. The minimum Gasteiger partial charge on any atom is -0.491 e. The van der Waals surface area contributed by atoms with Gasteiger partial charge in [-0.05, 0) is 19.9 Å². The molecule has 0 N–H and O–H groups in total. The zero-order chi connectivity index (χ0) is 12.8. The summed E-state index contributed by atoms with van der Waals surface area (Å²) < 4.78 is 23.6. The van der Waals surface area contributed by atoms with Gasteiger partial charge in [0.05, 0.1) is 17.6 Å². The van der Waals surface area contributed by atoms with Crippen molar-refractivity contribution in [2.24, 2.45) is 0 Å². The Hall–Kier alpha value is -1.69. The van der Waals surface area contributed by atoms with Gasteiger partial charge < -0.3 is 9.47 Å². The van der Waals surface area contributed by atoms with Crippen molar-refractivity contribution >= 4 is 5.69 Å². The fraction of sp³-hybridized carbons (Fsp3) is 0.455. The maximum absolute atomic E-state index is 13.2. The van der Waals surface area contributed by atoms with Gasteiger partial charge in [-0.25, -0.2) is 0 Å². The molecule has 0 aliphatic heterocycles. The molecule has 0 bridgehead atoms. The predicted molar refractivity (Wildman–Crippen MR) is 59.6 cm³/mol. The molecule has 1 aromatic carbocycles. The second kappa shape index (κ2) is 6.15. The highest BCUT2D eigenvalue weighted by Crippen LogP contribution is 2.22. The average Bonchev–Trinajstić information content (AvgIpc) is 2.23. The van der Waals surface area contributed by atoms with E-state index in [1.807, 2.05) is 13.8 Å². The predicted octanol–water partition coefficient (Wildman–Crippen LogP) is 2.54. The smallest absolute Gasteiger partial charge is 0.305 e. The van der Waals surface area contributed by atoms with Crippen LogP contribution in [0.4, 0.5) is 10.1 Å². The topological polar surface area (TPSA) is 61.6 Å². The molecule has 0 saturated carbocycles. The molecular weight excluding hydrogens is 229 g/mol. The lowest BCUT2D eigenvalue weighted by Crippen LogP contribution is -2.11. The van der Waals surface area contributed by atoms with Crippen LogP contribution in [0.25, 0.3) is 0 Å². The van der Waals surface area contributed by atoms with E-state index < -0.39 is 16.4 Å². The van der Waals surface area contributed by atoms with Crippen LogP contribution in [0.3, 0.4) is 0 Å². The monoisotopic (exact) mass is 243 g/mol. The number of hydrogen-bond acceptors (Lipinski definition) is 4. The van der Waals surface area contributed by atoms with Crippen LogP contribution < -0.4 is 4.74 Å². The first-order valence-electron chi connectivity index (χ1n) is 5.19. The minimum absolute atomic E-state index is 0.104. The fourth-order valence-corrected chi connectivity index (χ4v) is 1.17. The molecule has 6 heteroatoms. The maximum atomic E-state index is 13.2. The molecule has 0 aliphatic carbocycles. The van der Waals surface area contributed by atoms with Gasteiger partial charge in [-0.15, -0.1) is 0 Å². The van der Waals surface area contributed by atoms with Crippen molar-refractivity contribution in [2.45, 2.75) is 20.0 Å². The summed E-state index contributed by atoms with van der Waals surface area (Å²) in [6.07, 6.45) is 0.104. The maximum Gasteiger partial charge on any atom is 0.305 e. The van der Waals surface area contributed by atoms with Gasteiger partial charge in [0.1, 0.15) is 12.4 Å². The molecule has 17 heavy (non-hydrogen) atoms. The van der Waals surface area contributed by atoms with Crippen molar-refractivity contribution in [3.8, 4) is 5.75 Å². The van der Waals surface area contributed by atoms with Gasteiger partial charge >= 0.3 is 5.69 Å². The number of ether oxygens (including phenoxy) is 2. The number of nitro benzene ring substituents is 1. The molecule has 1 aromatic rings. The summed E-state index contributed by atoms with van der Waals surface area (Å²) in [5, 5.41) is 10.4. The van der Waals surface area contributed by atoms with E-state index >= 15 is 0 Å². The van der Waals surface area contributed by atoms with Crippen LogP contribution in [-0.2, 0) is 4.74 Å². The quantitative estimate of drug-likeness (QED) is 0.437. The third-order valence-corrected chi connectivity index (χ3v) is 1.92. The highest BCUT2D eigenvalue weighted by atomic mass is 19.1. The second-order valence-corrected chi connectivity index (χ2v) is 3.64. The Balaban J connectivity index is 2.50. The van der Waals surface area contributed by atoms with E-state index in [1.165, 1.54) is 6.07 Å². The Morgan fingerprint density at radius 2 is 2.12 bits per heavy atom. The second-order valence-electron chi connectivity index (χ2n) is 3.64. The summed E-state index contributed by atoms with van der Waals surface area (Å²) in [6.45, 7) is 4.45. The average molecular weight is 243 g/mol. The SMILES string of the molecule is CC(C)OCCOc1ccc([N+](=O)[O-])c(F)c1. The zero-order valence-corrected chi connectivity index (χ0v) is 9.68. The highest BCUT2D eigenvalue weighted by Gasteiger charge is 2.14. The van der Waals surface area contributed by atoms with Crippen LogP contribution in [0.5, 0.6) is 5.75 Å². The Bertz CT molecular complexity index is 395. The van der Waals surface area contributed by atoms with Crippen molar-refractivity contribution in [1.82, 2.24) is 0 Å². The fourth-order valence-electron chi connectivity index (χ4n) is 1.17. The van der Waals surface area contributed by atoms with E-state index in [4.69, 9.17) is 9.47 Å². The van der Waals surface area contributed by atoms with Crippen molar-refractivity contribution in [2.75, 3.05) is 13.2 Å². The summed E-state index contributed by atoms with van der Waals surface area (Å²) in [4.78, 5) is 9.60. The number of nitrogens with zero attached hydrogens (tertiary/aromatic N) is 1. The molecule has 0 spiro atoms. The Labute approximate surface area is 98.3 Å². The Kier molecular flexibility index (Phi) is 4.84. The van der Waals surface area contributed by atoms with Crippen molar-refractivity contribution in [1.29, 1.82) is 0 Å². The van der Waals surface area contributed by atoms with Gasteiger partial charge in [0.25, 0.3) is 0 Å². The normalized spacial score (nSPS) is 10.6. The minimum atomic E-state index is -0.905. The molecule has 0 saturated heterocycles. The molecule has 5 nitrogen and oxygen atoms in total. The van der Waals surface area contributed by atoms with Gasteiger partial charge in [-0.3, -0.25) is 10.1 Å². The molecular formula is C11H14FNO4. The number of hydrogen-bond donors (Lipinski definition) is 0. The molecule has 0 fully saturated rings. The van der Waals surface area contributed by atoms with E-state index in [2.05, 4.69) is 0 Å². The molecule has 0 heterocycles. The molecule has 0 aromatic heterocycles. The van der Waals surface area contributed by atoms with Crippen LogP contribution in [0.1, 0.15) is 13.8 Å². The third-order valence-electron chi connectivity index (χ3n) is 1.92. The van der Waals surface area contributed by atoms with Crippen LogP contribution in [0, 0.1) is 15.9 Å². The van der Waals surface area contributed by atoms with Gasteiger partial charge in [0.15, 0.2) is 0 Å². The van der Waals surface area contributed by atoms with Gasteiger partial charge in [0.2, 0.25) is 5.82 Å². The largest absolute Gasteiger partial charge is 0.491 e. The summed E-state index contributed by atoms with van der Waals surface area (Å²) >= 11 is 0. The first-order chi connectivity index (χ1) is 8.00. The number of nitro groups is 1. The van der Waals surface area contributed by atoms with E-state index in [1.54, 1.807) is 0 Å². The van der Waals surface area contributed by atoms with Crippen LogP contribution in [0.15, 0.2) is 18.2 Å². The molecule has 0 aliphatic rings. The van der Waals surface area contributed by atoms with Crippen LogP contribution >= 0.6 is 0 Å². The van der Waals surface area contributed by atoms with Crippen LogP contribution in [-0.4, -0.2) is 24.2 Å². The molecule has 1 rings (SSSR count). The molecule has 94 valence electrons. The Morgan fingerprint density at radius 1 is 1.41 bits per heavy atom. The van der Waals surface area contributed by atoms with Crippen molar-refractivity contribution in [3.63, 3.8) is 0 Å². The molecule has 0 atom stereocenters. The number of halogens is 1. The van der Waals surface area contributed by atoms with E-state index in [9.17, 15) is 14.5 Å². The first-order valence-corrected chi connectivity index (χ1v) is 5.19. The van der Waals surface area contributed by atoms with Gasteiger partial charge in [-0.1, -0.05) is 0 Å². The standard InChI is InChI=1S/C11H14FNO4/c1-8(2)16-5-6-17-9-3-4-11(13(14)15)10(12)7-9/h3-4,7-8H,5-6H2,1-2H3.